The minimum Gasteiger partial charge on any atom is -0.460 e. The number of carbonyl (C=O) groups is 1. The number of esters is 1. The lowest BCUT2D eigenvalue weighted by molar-refractivity contribution is -0.155. The van der Waals surface area contributed by atoms with Crippen LogP contribution in [0.15, 0.2) is 24.3 Å². The summed E-state index contributed by atoms with van der Waals surface area (Å²) in [6.07, 6.45) is 1.35. The van der Waals surface area contributed by atoms with Gasteiger partial charge in [-0.15, -0.1) is 0 Å². The molecule has 0 aliphatic carbocycles. The van der Waals surface area contributed by atoms with E-state index in [-0.39, 0.29) is 12.0 Å². The van der Waals surface area contributed by atoms with Crippen LogP contribution in [-0.2, 0) is 16.0 Å². The molecule has 1 aliphatic rings. The van der Waals surface area contributed by atoms with Gasteiger partial charge in [0.15, 0.2) is 0 Å². The Hall–Kier alpha value is -1.81. The number of carbonyl (C=O) groups excluding carboxylic acids is 1. The molecule has 0 bridgehead atoms. The highest BCUT2D eigenvalue weighted by Crippen LogP contribution is 2.31. The second kappa shape index (κ2) is 5.19. The number of H-pyrrole nitrogens is 1. The molecule has 3 rings (SSSR count). The van der Waals surface area contributed by atoms with Crippen LogP contribution in [0.25, 0.3) is 10.9 Å². The monoisotopic (exact) mass is 286 g/mol. The van der Waals surface area contributed by atoms with Gasteiger partial charge in [-0.3, -0.25) is 4.79 Å². The van der Waals surface area contributed by atoms with E-state index in [2.05, 4.69) is 28.5 Å². The highest BCUT2D eigenvalue weighted by molar-refractivity contribution is 5.85. The summed E-state index contributed by atoms with van der Waals surface area (Å²) >= 11 is 0. The van der Waals surface area contributed by atoms with E-state index in [1.54, 1.807) is 0 Å². The van der Waals surface area contributed by atoms with Gasteiger partial charge in [0.05, 0.1) is 12.5 Å². The molecule has 2 aromatic rings. The van der Waals surface area contributed by atoms with Crippen molar-refractivity contribution < 1.29 is 9.53 Å². The first-order valence-corrected chi connectivity index (χ1v) is 7.49. The zero-order chi connectivity index (χ0) is 15.0. The highest BCUT2D eigenvalue weighted by atomic mass is 16.6. The first-order chi connectivity index (χ1) is 9.94. The molecule has 2 heterocycles. The molecule has 1 unspecified atom stereocenters. The number of para-hydroxylation sites is 1. The summed E-state index contributed by atoms with van der Waals surface area (Å²) in [5, 5.41) is 4.69. The maximum absolute atomic E-state index is 12.1. The molecule has 21 heavy (non-hydrogen) atoms. The topological polar surface area (TPSA) is 54.1 Å². The van der Waals surface area contributed by atoms with E-state index in [1.165, 1.54) is 10.9 Å². The molecule has 0 spiro atoms. The smallest absolute Gasteiger partial charge is 0.308 e. The van der Waals surface area contributed by atoms with Crippen LogP contribution in [0.4, 0.5) is 0 Å². The van der Waals surface area contributed by atoms with Gasteiger partial charge in [-0.2, -0.15) is 0 Å². The fraction of sp³-hybridized carbons (Fsp3) is 0.471. The highest BCUT2D eigenvalue weighted by Gasteiger charge is 2.27. The van der Waals surface area contributed by atoms with Crippen LogP contribution in [0.2, 0.25) is 0 Å². The Morgan fingerprint density at radius 2 is 2.10 bits per heavy atom. The Morgan fingerprint density at radius 3 is 2.86 bits per heavy atom. The Labute approximate surface area is 124 Å². The Kier molecular flexibility index (Phi) is 3.49. The van der Waals surface area contributed by atoms with E-state index in [4.69, 9.17) is 4.74 Å². The van der Waals surface area contributed by atoms with Crippen molar-refractivity contribution in [2.75, 3.05) is 6.54 Å². The zero-order valence-corrected chi connectivity index (χ0v) is 12.8. The lowest BCUT2D eigenvalue weighted by Crippen LogP contribution is -2.33. The number of benzene rings is 1. The third-order valence-electron chi connectivity index (χ3n) is 3.75. The van der Waals surface area contributed by atoms with Gasteiger partial charge in [0, 0.05) is 16.6 Å². The van der Waals surface area contributed by atoms with Gasteiger partial charge in [-0.1, -0.05) is 18.2 Å². The van der Waals surface area contributed by atoms with Gasteiger partial charge in [0.2, 0.25) is 0 Å². The molecule has 4 heteroatoms. The number of ether oxygens (including phenoxy) is 1. The van der Waals surface area contributed by atoms with Crippen molar-refractivity contribution >= 4 is 16.9 Å². The van der Waals surface area contributed by atoms with Crippen LogP contribution in [0.1, 0.15) is 44.5 Å². The Bertz CT molecular complexity index is 667. The molecule has 112 valence electrons. The summed E-state index contributed by atoms with van der Waals surface area (Å²) < 4.78 is 5.44. The standard InChI is InChI=1S/C17H22N2O2/c1-17(2,3)21-15(20)10-14-16-12(8-9-18-14)11-6-4-5-7-13(11)19-16/h4-7,14,18-19H,8-10H2,1-3H3. The zero-order valence-electron chi connectivity index (χ0n) is 12.8. The lowest BCUT2D eigenvalue weighted by Gasteiger charge is -2.26. The first kappa shape index (κ1) is 14.1. The second-order valence-electron chi connectivity index (χ2n) is 6.61. The number of hydrogen-bond donors (Lipinski definition) is 2. The van der Waals surface area contributed by atoms with Crippen molar-refractivity contribution in [3.63, 3.8) is 0 Å². The molecule has 1 aromatic carbocycles. The van der Waals surface area contributed by atoms with E-state index in [1.807, 2.05) is 26.8 Å². The minimum atomic E-state index is -0.435. The largest absolute Gasteiger partial charge is 0.460 e. The predicted molar refractivity (Wildman–Crippen MR) is 83.2 cm³/mol. The number of nitrogens with one attached hydrogen (secondary N) is 2. The van der Waals surface area contributed by atoms with Crippen molar-refractivity contribution in [1.29, 1.82) is 0 Å². The van der Waals surface area contributed by atoms with Crippen LogP contribution < -0.4 is 5.32 Å². The van der Waals surface area contributed by atoms with E-state index in [9.17, 15) is 4.79 Å². The van der Waals surface area contributed by atoms with Crippen LogP contribution in [0.3, 0.4) is 0 Å². The van der Waals surface area contributed by atoms with Crippen molar-refractivity contribution in [1.82, 2.24) is 10.3 Å². The molecular formula is C17H22N2O2. The van der Waals surface area contributed by atoms with Gasteiger partial charge >= 0.3 is 5.97 Å². The normalized spacial score (nSPS) is 18.5. The van der Waals surface area contributed by atoms with Crippen LogP contribution in [-0.4, -0.2) is 23.1 Å². The molecular weight excluding hydrogens is 264 g/mol. The average molecular weight is 286 g/mol. The van der Waals surface area contributed by atoms with Crippen LogP contribution in [0.5, 0.6) is 0 Å². The molecule has 1 atom stereocenters. The van der Waals surface area contributed by atoms with Crippen molar-refractivity contribution in [3.05, 3.63) is 35.5 Å². The molecule has 0 fully saturated rings. The molecule has 1 aliphatic heterocycles. The third-order valence-corrected chi connectivity index (χ3v) is 3.75. The number of hydrogen-bond acceptors (Lipinski definition) is 3. The van der Waals surface area contributed by atoms with Crippen molar-refractivity contribution in [2.24, 2.45) is 0 Å². The number of aromatic amines is 1. The third kappa shape index (κ3) is 2.95. The minimum absolute atomic E-state index is 0.0102. The van der Waals surface area contributed by atoms with Gasteiger partial charge < -0.3 is 15.0 Å². The number of fused-ring (bicyclic) bond motifs is 3. The van der Waals surface area contributed by atoms with E-state index >= 15 is 0 Å². The van der Waals surface area contributed by atoms with Gasteiger partial charge in [-0.05, 0) is 45.4 Å². The lowest BCUT2D eigenvalue weighted by atomic mass is 9.97. The second-order valence-corrected chi connectivity index (χ2v) is 6.61. The summed E-state index contributed by atoms with van der Waals surface area (Å²) in [5.74, 6) is -0.161. The Balaban J connectivity index is 1.85. The summed E-state index contributed by atoms with van der Waals surface area (Å²) in [7, 11) is 0. The van der Waals surface area contributed by atoms with Crippen molar-refractivity contribution in [3.8, 4) is 0 Å². The number of rotatable bonds is 2. The summed E-state index contributed by atoms with van der Waals surface area (Å²) in [4.78, 5) is 15.5. The van der Waals surface area contributed by atoms with E-state index in [0.29, 0.717) is 6.42 Å². The SMILES string of the molecule is CC(C)(C)OC(=O)CC1NCCc2c1[nH]c1ccccc21. The molecule has 0 saturated heterocycles. The van der Waals surface area contributed by atoms with Crippen LogP contribution in [0, 0.1) is 0 Å². The summed E-state index contributed by atoms with van der Waals surface area (Å²) in [5.41, 5.74) is 3.17. The Morgan fingerprint density at radius 1 is 1.33 bits per heavy atom. The fourth-order valence-corrected chi connectivity index (χ4v) is 2.99. The molecule has 0 radical (unpaired) electrons. The summed E-state index contributed by atoms with van der Waals surface area (Å²) in [6, 6.07) is 8.32. The average Bonchev–Trinajstić information content (AvgIpc) is 2.76. The molecule has 1 aromatic heterocycles. The molecule has 2 N–H and O–H groups in total. The van der Waals surface area contributed by atoms with E-state index in [0.717, 1.165) is 24.2 Å². The molecule has 0 amide bonds. The predicted octanol–water partition coefficient (Wildman–Crippen LogP) is 3.09. The summed E-state index contributed by atoms with van der Waals surface area (Å²) in [6.45, 7) is 6.58. The quantitative estimate of drug-likeness (QED) is 0.834. The van der Waals surface area contributed by atoms with Gasteiger partial charge in [-0.25, -0.2) is 0 Å². The van der Waals surface area contributed by atoms with Crippen LogP contribution >= 0.6 is 0 Å². The van der Waals surface area contributed by atoms with Gasteiger partial charge in [0.1, 0.15) is 5.60 Å². The maximum Gasteiger partial charge on any atom is 0.308 e. The van der Waals surface area contributed by atoms with Gasteiger partial charge in [0.25, 0.3) is 0 Å². The first-order valence-electron chi connectivity index (χ1n) is 7.49. The van der Waals surface area contributed by atoms with Crippen molar-refractivity contribution in [2.45, 2.75) is 45.3 Å². The van der Waals surface area contributed by atoms with E-state index < -0.39 is 5.60 Å². The fourth-order valence-electron chi connectivity index (χ4n) is 2.99. The number of aromatic nitrogens is 1. The maximum atomic E-state index is 12.1. The molecule has 4 nitrogen and oxygen atoms in total. The molecule has 0 saturated carbocycles.